The average Bonchev–Trinajstić information content (AvgIpc) is 3.10. The predicted octanol–water partition coefficient (Wildman–Crippen LogP) is 1.31. The Morgan fingerprint density at radius 2 is 1.70 bits per heavy atom. The van der Waals surface area contributed by atoms with Crippen LogP contribution in [0.1, 0.15) is 41.1 Å². The fraction of sp³-hybridized carbons (Fsp3) is 0.400. The molecule has 0 bridgehead atoms. The van der Waals surface area contributed by atoms with Gasteiger partial charge in [-0.05, 0) is 30.7 Å². The molecule has 1 heterocycles. The Labute approximate surface area is 176 Å². The van der Waals surface area contributed by atoms with Crippen LogP contribution in [0.15, 0.2) is 41.4 Å². The summed E-state index contributed by atoms with van der Waals surface area (Å²) in [6.45, 7) is 4.87. The Kier molecular flexibility index (Phi) is 8.01. The van der Waals surface area contributed by atoms with Crippen LogP contribution in [-0.4, -0.2) is 60.4 Å². The van der Waals surface area contributed by atoms with E-state index in [9.17, 15) is 23.1 Å². The lowest BCUT2D eigenvalue weighted by Gasteiger charge is -2.17. The second-order valence-electron chi connectivity index (χ2n) is 6.68. The van der Waals surface area contributed by atoms with Gasteiger partial charge in [0.15, 0.2) is 0 Å². The third-order valence-corrected chi connectivity index (χ3v) is 6.60. The predicted molar refractivity (Wildman–Crippen MR) is 113 cm³/mol. The van der Waals surface area contributed by atoms with E-state index in [0.717, 1.165) is 0 Å². The van der Waals surface area contributed by atoms with Crippen molar-refractivity contribution >= 4 is 21.8 Å². The molecule has 10 heteroatoms. The molecule has 0 spiro atoms. The first-order chi connectivity index (χ1) is 14.2. The van der Waals surface area contributed by atoms with Crippen LogP contribution in [0.25, 0.3) is 0 Å². The van der Waals surface area contributed by atoms with Crippen molar-refractivity contribution in [1.82, 2.24) is 19.5 Å². The van der Waals surface area contributed by atoms with Crippen LogP contribution < -0.4 is 10.6 Å². The first-order valence-electron chi connectivity index (χ1n) is 9.72. The van der Waals surface area contributed by atoms with Crippen molar-refractivity contribution in [1.29, 1.82) is 0 Å². The van der Waals surface area contributed by atoms with Gasteiger partial charge in [0.05, 0.1) is 0 Å². The van der Waals surface area contributed by atoms with Crippen molar-refractivity contribution in [2.24, 2.45) is 7.05 Å². The average molecular weight is 437 g/mol. The quantitative estimate of drug-likeness (QED) is 0.485. The van der Waals surface area contributed by atoms with Crippen LogP contribution in [0.4, 0.5) is 0 Å². The molecule has 0 aliphatic carbocycles. The van der Waals surface area contributed by atoms with Crippen molar-refractivity contribution in [2.75, 3.05) is 26.2 Å². The molecule has 1 aromatic heterocycles. The lowest BCUT2D eigenvalue weighted by atomic mass is 10.2. The van der Waals surface area contributed by atoms with Crippen LogP contribution in [0.5, 0.6) is 5.75 Å². The number of sulfonamides is 1. The second kappa shape index (κ2) is 10.3. The molecule has 0 saturated heterocycles. The summed E-state index contributed by atoms with van der Waals surface area (Å²) in [4.78, 5) is 24.5. The second-order valence-corrected chi connectivity index (χ2v) is 8.61. The molecule has 0 aliphatic heterocycles. The fourth-order valence-electron chi connectivity index (χ4n) is 2.95. The number of nitrogens with one attached hydrogen (secondary N) is 2. The van der Waals surface area contributed by atoms with Gasteiger partial charge in [0.2, 0.25) is 10.0 Å². The number of hydrogen-bond acceptors (Lipinski definition) is 5. The van der Waals surface area contributed by atoms with Gasteiger partial charge in [0.25, 0.3) is 11.8 Å². The largest absolute Gasteiger partial charge is 0.508 e. The smallest absolute Gasteiger partial charge is 0.267 e. The molecule has 0 fully saturated rings. The number of rotatable bonds is 10. The van der Waals surface area contributed by atoms with Gasteiger partial charge < -0.3 is 20.3 Å². The topological polar surface area (TPSA) is 121 Å². The van der Waals surface area contributed by atoms with Crippen molar-refractivity contribution in [3.05, 3.63) is 47.8 Å². The van der Waals surface area contributed by atoms with E-state index in [1.807, 2.05) is 0 Å². The first kappa shape index (κ1) is 23.4. The molecule has 164 valence electrons. The molecule has 0 unspecified atom stereocenters. The van der Waals surface area contributed by atoms with Crippen molar-refractivity contribution in [3.63, 3.8) is 0 Å². The van der Waals surface area contributed by atoms with Gasteiger partial charge in [-0.25, -0.2) is 8.42 Å². The molecular formula is C20H28N4O5S. The van der Waals surface area contributed by atoms with E-state index in [4.69, 9.17) is 0 Å². The summed E-state index contributed by atoms with van der Waals surface area (Å²) < 4.78 is 28.0. The molecule has 0 radical (unpaired) electrons. The van der Waals surface area contributed by atoms with Crippen molar-refractivity contribution in [2.45, 2.75) is 25.2 Å². The molecule has 9 nitrogen and oxygen atoms in total. The highest BCUT2D eigenvalue weighted by Gasteiger charge is 2.25. The monoisotopic (exact) mass is 436 g/mol. The van der Waals surface area contributed by atoms with Gasteiger partial charge in [-0.3, -0.25) is 9.59 Å². The van der Waals surface area contributed by atoms with E-state index >= 15 is 0 Å². The lowest BCUT2D eigenvalue weighted by molar-refractivity contribution is 0.0945. The number of benzene rings is 1. The van der Waals surface area contributed by atoms with E-state index in [1.54, 1.807) is 33.0 Å². The number of nitrogens with zero attached hydrogens (tertiary/aromatic N) is 2. The number of aromatic nitrogens is 1. The van der Waals surface area contributed by atoms with Gasteiger partial charge >= 0.3 is 0 Å². The highest BCUT2D eigenvalue weighted by molar-refractivity contribution is 7.89. The molecule has 3 N–H and O–H groups in total. The number of carbonyl (C=O) groups is 2. The van der Waals surface area contributed by atoms with E-state index in [0.29, 0.717) is 38.2 Å². The van der Waals surface area contributed by atoms with Crippen LogP contribution in [0.2, 0.25) is 0 Å². The Morgan fingerprint density at radius 1 is 1.07 bits per heavy atom. The first-order valence-corrected chi connectivity index (χ1v) is 11.2. The molecule has 30 heavy (non-hydrogen) atoms. The summed E-state index contributed by atoms with van der Waals surface area (Å²) in [5.41, 5.74) is 0.592. The van der Waals surface area contributed by atoms with Gasteiger partial charge in [-0.1, -0.05) is 19.9 Å². The molecule has 2 amide bonds. The Morgan fingerprint density at radius 3 is 2.30 bits per heavy atom. The van der Waals surface area contributed by atoms with Gasteiger partial charge in [0, 0.05) is 45.0 Å². The number of hydrogen-bond donors (Lipinski definition) is 3. The van der Waals surface area contributed by atoms with E-state index in [-0.39, 0.29) is 22.2 Å². The fourth-order valence-corrected chi connectivity index (χ4v) is 4.48. The van der Waals surface area contributed by atoms with Gasteiger partial charge in [-0.15, -0.1) is 0 Å². The minimum absolute atomic E-state index is 0.0138. The van der Waals surface area contributed by atoms with Gasteiger partial charge in [0.1, 0.15) is 16.3 Å². The summed E-state index contributed by atoms with van der Waals surface area (Å²) in [6.07, 6.45) is 1.92. The molecule has 0 aliphatic rings. The van der Waals surface area contributed by atoms with E-state index in [2.05, 4.69) is 10.6 Å². The van der Waals surface area contributed by atoms with Crippen molar-refractivity contribution in [3.8, 4) is 5.75 Å². The molecule has 0 saturated carbocycles. The SMILES string of the molecule is CCN(CC)S(=O)(=O)c1cc(C(=O)NCCCNC(=O)c2cccc(O)c2)n(C)c1. The zero-order valence-corrected chi connectivity index (χ0v) is 18.2. The molecule has 2 aromatic rings. The minimum atomic E-state index is -3.64. The van der Waals surface area contributed by atoms with Crippen LogP contribution >= 0.6 is 0 Å². The number of phenolic OH excluding ortho intramolecular Hbond substituents is 1. The van der Waals surface area contributed by atoms with Gasteiger partial charge in [-0.2, -0.15) is 4.31 Å². The number of aromatic hydroxyl groups is 1. The molecule has 2 rings (SSSR count). The highest BCUT2D eigenvalue weighted by atomic mass is 32.2. The van der Waals surface area contributed by atoms with E-state index < -0.39 is 15.9 Å². The summed E-state index contributed by atoms with van der Waals surface area (Å²) >= 11 is 0. The van der Waals surface area contributed by atoms with Crippen molar-refractivity contribution < 1.29 is 23.1 Å². The third kappa shape index (κ3) is 5.61. The number of carbonyl (C=O) groups excluding carboxylic acids is 2. The Hall–Kier alpha value is -2.85. The van der Waals surface area contributed by atoms with Crippen LogP contribution in [0, 0.1) is 0 Å². The third-order valence-electron chi connectivity index (χ3n) is 4.59. The summed E-state index contributed by atoms with van der Waals surface area (Å²) in [6, 6.07) is 7.40. The normalized spacial score (nSPS) is 11.5. The maximum atomic E-state index is 12.6. The molecule has 0 atom stereocenters. The zero-order chi connectivity index (χ0) is 22.3. The number of aryl methyl sites for hydroxylation is 1. The highest BCUT2D eigenvalue weighted by Crippen LogP contribution is 2.18. The Balaban J connectivity index is 1.87. The standard InChI is InChI=1S/C20H28N4O5S/c1-4-24(5-2)30(28,29)17-13-18(23(3)14-17)20(27)22-11-7-10-21-19(26)15-8-6-9-16(25)12-15/h6,8-9,12-14,25H,4-5,7,10-11H2,1-3H3,(H,21,26)(H,22,27). The summed E-state index contributed by atoms with van der Waals surface area (Å²) in [7, 11) is -2.02. The molecular weight excluding hydrogens is 408 g/mol. The zero-order valence-electron chi connectivity index (χ0n) is 17.4. The minimum Gasteiger partial charge on any atom is -0.508 e. The summed E-state index contributed by atoms with van der Waals surface area (Å²) in [5, 5.41) is 14.8. The summed E-state index contributed by atoms with van der Waals surface area (Å²) in [5.74, 6) is -0.691. The maximum absolute atomic E-state index is 12.6. The van der Waals surface area contributed by atoms with E-state index in [1.165, 1.54) is 33.3 Å². The van der Waals surface area contributed by atoms with Crippen LogP contribution in [0.3, 0.4) is 0 Å². The number of amides is 2. The molecule has 1 aromatic carbocycles. The maximum Gasteiger partial charge on any atom is 0.267 e. The lowest BCUT2D eigenvalue weighted by Crippen LogP contribution is -2.31. The Bertz CT molecular complexity index is 996. The number of phenols is 1. The van der Waals surface area contributed by atoms with Crippen LogP contribution in [-0.2, 0) is 17.1 Å².